The lowest BCUT2D eigenvalue weighted by atomic mass is 9.78. The number of hydrogen-bond acceptors (Lipinski definition) is 4. The number of alkyl halides is 3. The van der Waals surface area contributed by atoms with Crippen molar-refractivity contribution in [1.82, 2.24) is 9.97 Å². The maximum absolute atomic E-state index is 12.1. The number of imidazole rings is 1. The molecule has 1 heterocycles. The van der Waals surface area contributed by atoms with Crippen LogP contribution in [0.25, 0.3) is 11.0 Å². The van der Waals surface area contributed by atoms with Gasteiger partial charge in [-0.1, -0.05) is 33.1 Å². The van der Waals surface area contributed by atoms with E-state index in [1.165, 1.54) is 56.4 Å². The molecule has 0 spiro atoms. The SMILES string of the molecule is CC1(C)CCCCC1.Cc1cc2[nH]c(Nc3ccc(OC(F)(F)F)cc3)nc2cc1C(N)=O. The third kappa shape index (κ3) is 7.13. The fourth-order valence-corrected chi connectivity index (χ4v) is 3.88. The van der Waals surface area contributed by atoms with E-state index < -0.39 is 12.3 Å². The normalized spacial score (nSPS) is 15.5. The first kappa shape index (κ1) is 24.4. The van der Waals surface area contributed by atoms with Crippen LogP contribution in [0, 0.1) is 12.3 Å². The Morgan fingerprint density at radius 2 is 1.76 bits per heavy atom. The van der Waals surface area contributed by atoms with Crippen LogP contribution in [0.2, 0.25) is 0 Å². The van der Waals surface area contributed by atoms with Crippen LogP contribution in [0.3, 0.4) is 0 Å². The standard InChI is InChI=1S/C16H13F3N4O2.C8H16/c1-8-6-12-13(7-11(8)14(20)24)23-15(22-12)21-9-2-4-10(5-3-9)25-16(17,18)19;1-8(2)6-4-3-5-7-8/h2-7H,1H3,(H2,20,24)(H2,21,22,23);3-7H2,1-2H3. The van der Waals surface area contributed by atoms with Crippen molar-refractivity contribution >= 4 is 28.6 Å². The number of nitrogens with one attached hydrogen (secondary N) is 2. The Labute approximate surface area is 190 Å². The molecule has 1 aliphatic carbocycles. The lowest BCUT2D eigenvalue weighted by Crippen LogP contribution is -2.16. The molecule has 1 saturated carbocycles. The number of aryl methyl sites for hydroxylation is 1. The molecule has 1 aromatic heterocycles. The molecule has 3 aromatic rings. The molecule has 1 fully saturated rings. The van der Waals surface area contributed by atoms with Gasteiger partial charge >= 0.3 is 6.36 Å². The molecule has 4 N–H and O–H groups in total. The fourth-order valence-electron chi connectivity index (χ4n) is 3.88. The molecule has 4 rings (SSSR count). The Kier molecular flexibility index (Phi) is 7.19. The monoisotopic (exact) mass is 462 g/mol. The van der Waals surface area contributed by atoms with Gasteiger partial charge in [-0.05, 0) is 67.1 Å². The molecular weight excluding hydrogens is 433 g/mol. The zero-order valence-electron chi connectivity index (χ0n) is 19.0. The molecule has 0 unspecified atom stereocenters. The maximum atomic E-state index is 12.1. The van der Waals surface area contributed by atoms with Crippen molar-refractivity contribution in [2.75, 3.05) is 5.32 Å². The van der Waals surface area contributed by atoms with E-state index in [4.69, 9.17) is 5.73 Å². The third-order valence-corrected chi connectivity index (χ3v) is 5.65. The number of primary amides is 1. The van der Waals surface area contributed by atoms with E-state index >= 15 is 0 Å². The largest absolute Gasteiger partial charge is 0.573 e. The van der Waals surface area contributed by atoms with E-state index in [0.29, 0.717) is 39.2 Å². The first-order chi connectivity index (χ1) is 15.4. The fraction of sp³-hybridized carbons (Fsp3) is 0.417. The van der Waals surface area contributed by atoms with Crippen molar-refractivity contribution in [3.63, 3.8) is 0 Å². The van der Waals surface area contributed by atoms with Crippen LogP contribution in [0.5, 0.6) is 5.75 Å². The number of aromatic amines is 1. The highest BCUT2D eigenvalue weighted by molar-refractivity contribution is 5.98. The van der Waals surface area contributed by atoms with Gasteiger partial charge in [0, 0.05) is 11.3 Å². The average molecular weight is 463 g/mol. The van der Waals surface area contributed by atoms with Crippen molar-refractivity contribution < 1.29 is 22.7 Å². The van der Waals surface area contributed by atoms with Gasteiger partial charge in [-0.25, -0.2) is 4.98 Å². The van der Waals surface area contributed by atoms with Gasteiger partial charge in [-0.15, -0.1) is 13.2 Å². The number of rotatable bonds is 4. The number of amides is 1. The average Bonchev–Trinajstić information content (AvgIpc) is 3.09. The molecule has 0 aliphatic heterocycles. The Bertz CT molecular complexity index is 1100. The van der Waals surface area contributed by atoms with Crippen LogP contribution >= 0.6 is 0 Å². The number of aromatic nitrogens is 2. The van der Waals surface area contributed by atoms with Crippen LogP contribution in [-0.2, 0) is 0 Å². The highest BCUT2D eigenvalue weighted by Crippen LogP contribution is 2.34. The maximum Gasteiger partial charge on any atom is 0.573 e. The van der Waals surface area contributed by atoms with Crippen molar-refractivity contribution in [2.24, 2.45) is 11.1 Å². The van der Waals surface area contributed by atoms with Gasteiger partial charge in [-0.3, -0.25) is 4.79 Å². The molecule has 0 bridgehead atoms. The van der Waals surface area contributed by atoms with E-state index in [0.717, 1.165) is 0 Å². The predicted octanol–water partition coefficient (Wildman–Crippen LogP) is 6.59. The van der Waals surface area contributed by atoms with E-state index in [-0.39, 0.29) is 5.75 Å². The quantitative estimate of drug-likeness (QED) is 0.408. The molecule has 33 heavy (non-hydrogen) atoms. The number of H-pyrrole nitrogens is 1. The first-order valence-corrected chi connectivity index (χ1v) is 10.8. The predicted molar refractivity (Wildman–Crippen MR) is 123 cm³/mol. The smallest absolute Gasteiger partial charge is 0.406 e. The second-order valence-electron chi connectivity index (χ2n) is 9.06. The third-order valence-electron chi connectivity index (χ3n) is 5.65. The number of hydrogen-bond donors (Lipinski definition) is 3. The van der Waals surface area contributed by atoms with E-state index in [1.54, 1.807) is 19.1 Å². The Balaban J connectivity index is 0.000000323. The van der Waals surface area contributed by atoms with Gasteiger partial charge in [0.05, 0.1) is 11.0 Å². The molecule has 2 aromatic carbocycles. The highest BCUT2D eigenvalue weighted by Gasteiger charge is 2.31. The second-order valence-corrected chi connectivity index (χ2v) is 9.06. The van der Waals surface area contributed by atoms with Crippen molar-refractivity contribution in [1.29, 1.82) is 0 Å². The number of benzene rings is 2. The molecule has 9 heteroatoms. The van der Waals surface area contributed by atoms with Gasteiger partial charge in [0.15, 0.2) is 0 Å². The van der Waals surface area contributed by atoms with Crippen molar-refractivity contribution in [2.45, 2.75) is 59.2 Å². The molecule has 1 aliphatic rings. The van der Waals surface area contributed by atoms with Crippen LogP contribution in [-0.4, -0.2) is 22.2 Å². The van der Waals surface area contributed by atoms with E-state index in [1.807, 2.05) is 0 Å². The van der Waals surface area contributed by atoms with Gasteiger partial charge in [0.2, 0.25) is 11.9 Å². The highest BCUT2D eigenvalue weighted by atomic mass is 19.4. The molecule has 0 saturated heterocycles. The minimum absolute atomic E-state index is 0.315. The summed E-state index contributed by atoms with van der Waals surface area (Å²) < 4.78 is 40.2. The lowest BCUT2D eigenvalue weighted by molar-refractivity contribution is -0.274. The summed E-state index contributed by atoms with van der Waals surface area (Å²) >= 11 is 0. The Morgan fingerprint density at radius 1 is 1.12 bits per heavy atom. The Morgan fingerprint density at radius 3 is 2.27 bits per heavy atom. The Hall–Kier alpha value is -3.23. The van der Waals surface area contributed by atoms with Crippen LogP contribution in [0.4, 0.5) is 24.8 Å². The van der Waals surface area contributed by atoms with Crippen LogP contribution < -0.4 is 15.8 Å². The summed E-state index contributed by atoms with van der Waals surface area (Å²) in [6, 6.07) is 8.55. The van der Waals surface area contributed by atoms with Gasteiger partial charge in [-0.2, -0.15) is 0 Å². The number of fused-ring (bicyclic) bond motifs is 1. The summed E-state index contributed by atoms with van der Waals surface area (Å²) in [6.45, 7) is 6.52. The number of nitrogens with zero attached hydrogens (tertiary/aromatic N) is 1. The summed E-state index contributed by atoms with van der Waals surface area (Å²) in [5.74, 6) is -0.484. The van der Waals surface area contributed by atoms with Crippen molar-refractivity contribution in [3.05, 3.63) is 47.5 Å². The van der Waals surface area contributed by atoms with Gasteiger partial charge < -0.3 is 20.8 Å². The van der Waals surface area contributed by atoms with E-state index in [9.17, 15) is 18.0 Å². The summed E-state index contributed by atoms with van der Waals surface area (Å²) in [7, 11) is 0. The van der Waals surface area contributed by atoms with Crippen LogP contribution in [0.1, 0.15) is 61.9 Å². The van der Waals surface area contributed by atoms with Gasteiger partial charge in [0.1, 0.15) is 5.75 Å². The number of halogens is 3. The lowest BCUT2D eigenvalue weighted by Gasteiger charge is -2.28. The summed E-state index contributed by atoms with van der Waals surface area (Å²) in [5.41, 5.74) is 8.83. The topological polar surface area (TPSA) is 93.0 Å². The summed E-state index contributed by atoms with van der Waals surface area (Å²) in [5, 5.41) is 2.93. The number of carbonyl (C=O) groups is 1. The zero-order chi connectivity index (χ0) is 24.2. The number of carbonyl (C=O) groups excluding carboxylic acids is 1. The number of ether oxygens (including phenoxy) is 1. The van der Waals surface area contributed by atoms with E-state index in [2.05, 4.69) is 33.9 Å². The molecule has 178 valence electrons. The summed E-state index contributed by atoms with van der Waals surface area (Å²) in [6.07, 6.45) is 2.58. The minimum atomic E-state index is -4.73. The van der Waals surface area contributed by atoms with Crippen molar-refractivity contribution in [3.8, 4) is 5.75 Å². The first-order valence-electron chi connectivity index (χ1n) is 10.8. The molecule has 0 radical (unpaired) electrons. The number of nitrogens with two attached hydrogens (primary N) is 1. The molecule has 1 amide bonds. The molecular formula is C24H29F3N4O2. The second kappa shape index (κ2) is 9.72. The van der Waals surface area contributed by atoms with Gasteiger partial charge in [0.25, 0.3) is 0 Å². The molecule has 6 nitrogen and oxygen atoms in total. The molecule has 0 atom stereocenters. The summed E-state index contributed by atoms with van der Waals surface area (Å²) in [4.78, 5) is 18.7. The van der Waals surface area contributed by atoms with Crippen LogP contribution in [0.15, 0.2) is 36.4 Å². The number of anilines is 2. The minimum Gasteiger partial charge on any atom is -0.406 e. The zero-order valence-corrected chi connectivity index (χ0v) is 19.0.